The predicted octanol–water partition coefficient (Wildman–Crippen LogP) is 4.18. The molecule has 0 fully saturated rings. The molecule has 0 aliphatic heterocycles. The molecule has 0 aliphatic rings. The summed E-state index contributed by atoms with van der Waals surface area (Å²) >= 11 is 3.90. The van der Waals surface area contributed by atoms with Gasteiger partial charge in [0.05, 0.1) is 0 Å². The maximum absolute atomic E-state index is 3.90. The Bertz CT molecular complexity index is 293. The average Bonchev–Trinajstić information content (AvgIpc) is 2.03. The normalized spacial score (nSPS) is 14.5. The number of hydrogen-bond acceptors (Lipinski definition) is 1. The molecule has 0 N–H and O–H groups in total. The van der Waals surface area contributed by atoms with E-state index >= 15 is 0 Å². The number of benzene rings is 1. The first-order valence-corrected chi connectivity index (χ1v) is 10.4. The second-order valence-corrected chi connectivity index (χ2v) is 17.4. The van der Waals surface area contributed by atoms with Crippen LogP contribution in [0.1, 0.15) is 6.92 Å². The molecular weight excluding hydrogens is 257 g/mol. The second-order valence-electron chi connectivity index (χ2n) is 4.58. The van der Waals surface area contributed by atoms with Crippen molar-refractivity contribution in [1.29, 1.82) is 0 Å². The first-order chi connectivity index (χ1) is 6.31. The van der Waals surface area contributed by atoms with Gasteiger partial charge in [-0.25, -0.2) is 0 Å². The van der Waals surface area contributed by atoms with Crippen LogP contribution in [0.2, 0.25) is 0 Å². The van der Waals surface area contributed by atoms with Crippen LogP contribution in [0.4, 0.5) is 5.69 Å². The third-order valence-electron chi connectivity index (χ3n) is 2.17. The maximum atomic E-state index is 3.90. The summed E-state index contributed by atoms with van der Waals surface area (Å²) in [5, 5.41) is 0. The monoisotopic (exact) mass is 275 g/mol. The van der Waals surface area contributed by atoms with Crippen molar-refractivity contribution in [3.63, 3.8) is 0 Å². The van der Waals surface area contributed by atoms with Gasteiger partial charge in [-0.05, 0) is 0 Å². The minimum absolute atomic E-state index is 1.04. The van der Waals surface area contributed by atoms with Gasteiger partial charge in [-0.3, -0.25) is 0 Å². The van der Waals surface area contributed by atoms with Crippen molar-refractivity contribution in [3.05, 3.63) is 30.3 Å². The summed E-state index contributed by atoms with van der Waals surface area (Å²) in [5.41, 5.74) is -0.544. The van der Waals surface area contributed by atoms with E-state index in [9.17, 15) is 0 Å². The van der Waals surface area contributed by atoms with Gasteiger partial charge < -0.3 is 0 Å². The van der Waals surface area contributed by atoms with Gasteiger partial charge in [0.15, 0.2) is 0 Å². The number of anilines is 1. The van der Waals surface area contributed by atoms with Crippen LogP contribution < -0.4 is 4.67 Å². The van der Waals surface area contributed by atoms with E-state index in [0.29, 0.717) is 0 Å². The van der Waals surface area contributed by atoms with Crippen LogP contribution in [0.5, 0.6) is 0 Å². The van der Waals surface area contributed by atoms with Crippen LogP contribution >= 0.6 is 20.9 Å². The fourth-order valence-electron chi connectivity index (χ4n) is 1.65. The van der Waals surface area contributed by atoms with Crippen molar-refractivity contribution >= 4 is 26.6 Å². The zero-order chi connectivity index (χ0) is 10.8. The molecular formula is C11H19BrNP. The minimum atomic E-state index is -1.85. The van der Waals surface area contributed by atoms with Crippen LogP contribution in [0, 0.1) is 0 Å². The molecule has 1 aromatic carbocycles. The summed E-state index contributed by atoms with van der Waals surface area (Å²) < 4.78 is 2.46. The second kappa shape index (κ2) is 3.83. The van der Waals surface area contributed by atoms with Crippen molar-refractivity contribution in [1.82, 2.24) is 0 Å². The van der Waals surface area contributed by atoms with Crippen molar-refractivity contribution < 1.29 is 0 Å². The molecule has 0 radical (unpaired) electrons. The summed E-state index contributed by atoms with van der Waals surface area (Å²) in [7, 11) is 0. The summed E-state index contributed by atoms with van der Waals surface area (Å²) in [5.74, 6) is 0. The molecule has 0 saturated carbocycles. The SMILES string of the molecule is CCN(c1ccccc1)P(C)(C)(C)Br. The topological polar surface area (TPSA) is 3.24 Å². The Hall–Kier alpha value is -0.0700. The fourth-order valence-corrected chi connectivity index (χ4v) is 4.74. The number of para-hydroxylation sites is 1. The Morgan fingerprint density at radius 1 is 1.14 bits per heavy atom. The van der Waals surface area contributed by atoms with Crippen LogP contribution in [-0.4, -0.2) is 26.5 Å². The molecule has 1 nitrogen and oxygen atoms in total. The van der Waals surface area contributed by atoms with Crippen LogP contribution in [0.25, 0.3) is 0 Å². The van der Waals surface area contributed by atoms with Crippen molar-refractivity contribution in [2.75, 3.05) is 31.2 Å². The van der Waals surface area contributed by atoms with E-state index in [4.69, 9.17) is 0 Å². The average molecular weight is 276 g/mol. The Morgan fingerprint density at radius 3 is 2.00 bits per heavy atom. The van der Waals surface area contributed by atoms with Gasteiger partial charge in [0.1, 0.15) is 0 Å². The van der Waals surface area contributed by atoms with Crippen LogP contribution in [0.15, 0.2) is 30.3 Å². The molecule has 14 heavy (non-hydrogen) atoms. The van der Waals surface area contributed by atoms with E-state index in [0.717, 1.165) is 6.54 Å². The van der Waals surface area contributed by atoms with Gasteiger partial charge in [-0.1, -0.05) is 0 Å². The van der Waals surface area contributed by atoms with E-state index in [1.165, 1.54) is 5.69 Å². The molecule has 1 aromatic rings. The molecule has 0 saturated heterocycles. The number of halogens is 1. The van der Waals surface area contributed by atoms with Gasteiger partial charge in [0.2, 0.25) is 0 Å². The Morgan fingerprint density at radius 2 is 1.64 bits per heavy atom. The first kappa shape index (κ1) is 12.0. The molecule has 0 amide bonds. The van der Waals surface area contributed by atoms with E-state index < -0.39 is 5.46 Å². The summed E-state index contributed by atoms with van der Waals surface area (Å²) in [6.45, 7) is 10.2. The number of rotatable bonds is 3. The third kappa shape index (κ3) is 2.96. The quantitative estimate of drug-likeness (QED) is 0.748. The Balaban J connectivity index is 3.07. The molecule has 0 aliphatic carbocycles. The molecule has 80 valence electrons. The Labute approximate surface area is 95.2 Å². The van der Waals surface area contributed by atoms with Crippen molar-refractivity contribution in [2.24, 2.45) is 0 Å². The number of nitrogens with zero attached hydrogens (tertiary/aromatic N) is 1. The van der Waals surface area contributed by atoms with Gasteiger partial charge in [0, 0.05) is 0 Å². The van der Waals surface area contributed by atoms with E-state index in [2.05, 4.69) is 77.4 Å². The molecule has 0 aromatic heterocycles. The van der Waals surface area contributed by atoms with Crippen molar-refractivity contribution in [2.45, 2.75) is 6.92 Å². The molecule has 0 spiro atoms. The molecule has 1 rings (SSSR count). The van der Waals surface area contributed by atoms with E-state index in [1.807, 2.05) is 0 Å². The molecule has 0 atom stereocenters. The van der Waals surface area contributed by atoms with Gasteiger partial charge in [0.25, 0.3) is 0 Å². The summed E-state index contributed by atoms with van der Waals surface area (Å²) in [4.78, 5) is 0. The number of hydrogen-bond donors (Lipinski definition) is 0. The van der Waals surface area contributed by atoms with Gasteiger partial charge >= 0.3 is 95.1 Å². The zero-order valence-electron chi connectivity index (χ0n) is 9.37. The molecule has 0 heterocycles. The zero-order valence-corrected chi connectivity index (χ0v) is 11.8. The molecule has 3 heteroatoms. The van der Waals surface area contributed by atoms with Crippen LogP contribution in [0.3, 0.4) is 0 Å². The fraction of sp³-hybridized carbons (Fsp3) is 0.455. The van der Waals surface area contributed by atoms with E-state index in [-0.39, 0.29) is 0 Å². The van der Waals surface area contributed by atoms with Gasteiger partial charge in [-0.15, -0.1) is 0 Å². The third-order valence-corrected chi connectivity index (χ3v) is 5.46. The summed E-state index contributed by atoms with van der Waals surface area (Å²) in [6.07, 6.45) is 0. The van der Waals surface area contributed by atoms with Crippen LogP contribution in [-0.2, 0) is 0 Å². The molecule has 0 bridgehead atoms. The molecule has 0 unspecified atom stereocenters. The first-order valence-electron chi connectivity index (χ1n) is 4.87. The van der Waals surface area contributed by atoms with Gasteiger partial charge in [-0.2, -0.15) is 0 Å². The predicted molar refractivity (Wildman–Crippen MR) is 73.1 cm³/mol. The van der Waals surface area contributed by atoms with Crippen molar-refractivity contribution in [3.8, 4) is 0 Å². The van der Waals surface area contributed by atoms with E-state index in [1.54, 1.807) is 0 Å². The Kier molecular flexibility index (Phi) is 3.28. The standard InChI is InChI=1S/C11H19BrNP/c1-5-13(14(2,3,4)12)11-9-7-6-8-10-11/h6-10H,5H2,1-4H3. The summed E-state index contributed by atoms with van der Waals surface area (Å²) in [6, 6.07) is 10.6.